The molecule has 0 unspecified atom stereocenters. The molecule has 0 spiro atoms. The number of hydrogen-bond acceptors (Lipinski definition) is 4. The molecule has 0 amide bonds. The van der Waals surface area contributed by atoms with Gasteiger partial charge in [-0.15, -0.1) is 0 Å². The monoisotopic (exact) mass is 443 g/mol. The molecule has 2 N–H and O–H groups in total. The fourth-order valence-corrected chi connectivity index (χ4v) is 3.68. The Morgan fingerprint density at radius 2 is 1.77 bits per heavy atom. The zero-order valence-corrected chi connectivity index (χ0v) is 17.7. The quantitative estimate of drug-likeness (QED) is 0.390. The molecule has 0 radical (unpaired) electrons. The van der Waals surface area contributed by atoms with Crippen LogP contribution in [0, 0.1) is 6.92 Å². The fraction of sp³-hybridized carbons (Fsp3) is 0.350. The Morgan fingerprint density at radius 1 is 1.10 bits per heavy atom. The second-order valence-electron chi connectivity index (χ2n) is 6.60. The molecule has 10 heteroatoms. The van der Waals surface area contributed by atoms with E-state index in [1.807, 2.05) is 0 Å². The van der Waals surface area contributed by atoms with Crippen LogP contribution < -0.4 is 15.4 Å². The van der Waals surface area contributed by atoms with Gasteiger partial charge in [0.25, 0.3) is 0 Å². The summed E-state index contributed by atoms with van der Waals surface area (Å²) in [4.78, 5) is 4.38. The van der Waals surface area contributed by atoms with E-state index >= 15 is 0 Å². The summed E-state index contributed by atoms with van der Waals surface area (Å²) in [5, 5.41) is 6.14. The molecular formula is C20H24F3N3O3S. The van der Waals surface area contributed by atoms with Gasteiger partial charge in [-0.3, -0.25) is 4.99 Å². The molecule has 0 atom stereocenters. The van der Waals surface area contributed by atoms with Crippen LogP contribution in [-0.2, 0) is 22.6 Å². The van der Waals surface area contributed by atoms with Crippen molar-refractivity contribution >= 4 is 15.8 Å². The number of halogens is 3. The number of benzene rings is 2. The van der Waals surface area contributed by atoms with E-state index in [1.165, 1.54) is 18.4 Å². The molecular weight excluding hydrogens is 419 g/mol. The van der Waals surface area contributed by atoms with Crippen LogP contribution in [0.2, 0.25) is 0 Å². The molecule has 2 aromatic carbocycles. The van der Waals surface area contributed by atoms with Gasteiger partial charge in [0.2, 0.25) is 0 Å². The lowest BCUT2D eigenvalue weighted by Gasteiger charge is -2.14. The highest BCUT2D eigenvalue weighted by molar-refractivity contribution is 7.90. The van der Waals surface area contributed by atoms with Crippen molar-refractivity contribution in [2.45, 2.75) is 24.5 Å². The highest BCUT2D eigenvalue weighted by Crippen LogP contribution is 2.30. The first-order valence-electron chi connectivity index (χ1n) is 9.05. The normalized spacial score (nSPS) is 12.5. The van der Waals surface area contributed by atoms with Gasteiger partial charge < -0.3 is 15.4 Å². The van der Waals surface area contributed by atoms with Gasteiger partial charge in [0, 0.05) is 19.8 Å². The van der Waals surface area contributed by atoms with Gasteiger partial charge in [-0.1, -0.05) is 12.1 Å². The van der Waals surface area contributed by atoms with Gasteiger partial charge in [-0.25, -0.2) is 8.42 Å². The molecule has 2 aromatic rings. The van der Waals surface area contributed by atoms with Gasteiger partial charge in [-0.2, -0.15) is 13.2 Å². The van der Waals surface area contributed by atoms with Crippen LogP contribution in [0.1, 0.15) is 16.7 Å². The molecule has 30 heavy (non-hydrogen) atoms. The summed E-state index contributed by atoms with van der Waals surface area (Å²) in [6.45, 7) is 2.79. The first-order valence-corrected chi connectivity index (χ1v) is 10.9. The van der Waals surface area contributed by atoms with Crippen LogP contribution in [0.4, 0.5) is 13.2 Å². The summed E-state index contributed by atoms with van der Waals surface area (Å²) in [6, 6.07) is 9.61. The Hall–Kier alpha value is -2.75. The third kappa shape index (κ3) is 6.94. The van der Waals surface area contributed by atoms with Crippen molar-refractivity contribution in [1.29, 1.82) is 0 Å². The summed E-state index contributed by atoms with van der Waals surface area (Å²) < 4.78 is 66.4. The van der Waals surface area contributed by atoms with E-state index < -0.39 is 21.6 Å². The van der Waals surface area contributed by atoms with Crippen molar-refractivity contribution in [3.8, 4) is 5.75 Å². The predicted molar refractivity (Wildman–Crippen MR) is 109 cm³/mol. The van der Waals surface area contributed by atoms with E-state index in [9.17, 15) is 21.6 Å². The summed E-state index contributed by atoms with van der Waals surface area (Å²) >= 11 is 0. The zero-order chi connectivity index (χ0) is 22.4. The van der Waals surface area contributed by atoms with Crippen molar-refractivity contribution < 1.29 is 26.3 Å². The maximum Gasteiger partial charge on any atom is 0.416 e. The SMILES string of the molecule is CN=C(NCCOc1ccc(C(F)(F)F)cc1)NCc1ccc(S(C)(=O)=O)c(C)c1. The van der Waals surface area contributed by atoms with E-state index in [4.69, 9.17) is 4.74 Å². The minimum absolute atomic E-state index is 0.230. The number of ether oxygens (including phenoxy) is 1. The van der Waals surface area contributed by atoms with Crippen LogP contribution in [0.15, 0.2) is 52.4 Å². The Kier molecular flexibility index (Phi) is 7.71. The molecule has 0 aliphatic heterocycles. The summed E-state index contributed by atoms with van der Waals surface area (Å²) in [6.07, 6.45) is -3.20. The average Bonchev–Trinajstić information content (AvgIpc) is 2.66. The van der Waals surface area contributed by atoms with Crippen LogP contribution in [0.5, 0.6) is 5.75 Å². The fourth-order valence-electron chi connectivity index (χ4n) is 2.72. The lowest BCUT2D eigenvalue weighted by Crippen LogP contribution is -2.38. The predicted octanol–water partition coefficient (Wildman–Crippen LogP) is 3.16. The Labute approximate surface area is 174 Å². The topological polar surface area (TPSA) is 79.8 Å². The van der Waals surface area contributed by atoms with Gasteiger partial charge in [-0.05, 0) is 48.4 Å². The third-order valence-corrected chi connectivity index (χ3v) is 5.42. The van der Waals surface area contributed by atoms with Gasteiger partial charge in [0.05, 0.1) is 17.0 Å². The van der Waals surface area contributed by atoms with Crippen molar-refractivity contribution in [3.63, 3.8) is 0 Å². The number of alkyl halides is 3. The van der Waals surface area contributed by atoms with E-state index in [2.05, 4.69) is 15.6 Å². The number of rotatable bonds is 7. The minimum atomic E-state index is -4.37. The minimum Gasteiger partial charge on any atom is -0.492 e. The van der Waals surface area contributed by atoms with Crippen molar-refractivity contribution in [2.75, 3.05) is 26.5 Å². The van der Waals surface area contributed by atoms with Crippen LogP contribution >= 0.6 is 0 Å². The average molecular weight is 443 g/mol. The second kappa shape index (κ2) is 9.84. The molecule has 164 valence electrons. The molecule has 0 heterocycles. The number of aliphatic imine (C=N–C) groups is 1. The van der Waals surface area contributed by atoms with Crippen LogP contribution in [0.3, 0.4) is 0 Å². The highest BCUT2D eigenvalue weighted by atomic mass is 32.2. The van der Waals surface area contributed by atoms with E-state index in [0.29, 0.717) is 35.3 Å². The molecule has 6 nitrogen and oxygen atoms in total. The number of guanidine groups is 1. The second-order valence-corrected chi connectivity index (χ2v) is 8.58. The van der Waals surface area contributed by atoms with E-state index in [1.54, 1.807) is 32.2 Å². The highest BCUT2D eigenvalue weighted by Gasteiger charge is 2.30. The van der Waals surface area contributed by atoms with Gasteiger partial charge >= 0.3 is 6.18 Å². The first-order chi connectivity index (χ1) is 14.0. The Morgan fingerprint density at radius 3 is 2.30 bits per heavy atom. The lowest BCUT2D eigenvalue weighted by atomic mass is 10.1. The molecule has 0 aromatic heterocycles. The number of nitrogens with zero attached hydrogens (tertiary/aromatic N) is 1. The number of hydrogen-bond donors (Lipinski definition) is 2. The molecule has 0 aliphatic carbocycles. The smallest absolute Gasteiger partial charge is 0.416 e. The molecule has 0 bridgehead atoms. The largest absolute Gasteiger partial charge is 0.492 e. The Bertz CT molecular complexity index is 989. The molecule has 0 fully saturated rings. The number of aryl methyl sites for hydroxylation is 1. The molecule has 2 rings (SSSR count). The summed E-state index contributed by atoms with van der Waals surface area (Å²) in [5.74, 6) is 0.852. The van der Waals surface area contributed by atoms with Gasteiger partial charge in [0.15, 0.2) is 15.8 Å². The first kappa shape index (κ1) is 23.5. The lowest BCUT2D eigenvalue weighted by molar-refractivity contribution is -0.137. The van der Waals surface area contributed by atoms with Crippen molar-refractivity contribution in [3.05, 3.63) is 59.2 Å². The third-order valence-electron chi connectivity index (χ3n) is 4.17. The van der Waals surface area contributed by atoms with E-state index in [-0.39, 0.29) is 6.61 Å². The van der Waals surface area contributed by atoms with Gasteiger partial charge in [0.1, 0.15) is 12.4 Å². The van der Waals surface area contributed by atoms with Crippen LogP contribution in [0.25, 0.3) is 0 Å². The summed E-state index contributed by atoms with van der Waals surface area (Å²) in [5.41, 5.74) is 0.839. The standard InChI is InChI=1S/C20H24F3N3O3S/c1-14-12-15(4-9-18(14)30(3,27)28)13-26-19(24-2)25-10-11-29-17-7-5-16(6-8-17)20(21,22)23/h4-9,12H,10-11,13H2,1-3H3,(H2,24,25,26). The maximum absolute atomic E-state index is 12.5. The van der Waals surface area contributed by atoms with Crippen molar-refractivity contribution in [2.24, 2.45) is 4.99 Å². The Balaban J connectivity index is 1.79. The number of nitrogens with one attached hydrogen (secondary N) is 2. The molecule has 0 aliphatic rings. The van der Waals surface area contributed by atoms with E-state index in [0.717, 1.165) is 17.7 Å². The zero-order valence-electron chi connectivity index (χ0n) is 16.9. The number of sulfone groups is 1. The van der Waals surface area contributed by atoms with Crippen LogP contribution in [-0.4, -0.2) is 40.8 Å². The molecule has 0 saturated heterocycles. The summed E-state index contributed by atoms with van der Waals surface area (Å²) in [7, 11) is -1.66. The molecule has 0 saturated carbocycles. The van der Waals surface area contributed by atoms with Crippen molar-refractivity contribution in [1.82, 2.24) is 10.6 Å². The maximum atomic E-state index is 12.5.